The van der Waals surface area contributed by atoms with Crippen LogP contribution < -0.4 is 19.1 Å². The first-order chi connectivity index (χ1) is 16.7. The van der Waals surface area contributed by atoms with Gasteiger partial charge in [-0.3, -0.25) is 4.79 Å². The molecule has 0 saturated carbocycles. The first kappa shape index (κ1) is 24.6. The van der Waals surface area contributed by atoms with Crippen molar-refractivity contribution in [3.8, 4) is 17.2 Å². The molecule has 0 fully saturated rings. The second-order valence-electron chi connectivity index (χ2n) is 8.85. The Morgan fingerprint density at radius 1 is 1.00 bits per heavy atom. The summed E-state index contributed by atoms with van der Waals surface area (Å²) in [4.78, 5) is 15.3. The first-order valence-corrected chi connectivity index (χ1v) is 13.4. The Morgan fingerprint density at radius 3 is 2.46 bits per heavy atom. The monoisotopic (exact) mass is 495 g/mol. The molecular formula is C27H29NO6S. The van der Waals surface area contributed by atoms with Crippen molar-refractivity contribution in [1.29, 1.82) is 0 Å². The van der Waals surface area contributed by atoms with Crippen molar-refractivity contribution in [3.63, 3.8) is 0 Å². The lowest BCUT2D eigenvalue weighted by molar-refractivity contribution is 0.0997. The van der Waals surface area contributed by atoms with E-state index in [-0.39, 0.29) is 30.9 Å². The van der Waals surface area contributed by atoms with Gasteiger partial charge in [-0.25, -0.2) is 8.42 Å². The molecule has 35 heavy (non-hydrogen) atoms. The Bertz CT molecular complexity index is 1300. The number of rotatable bonds is 10. The molecule has 7 nitrogen and oxygen atoms in total. The molecule has 8 heteroatoms. The van der Waals surface area contributed by atoms with E-state index < -0.39 is 9.84 Å². The molecule has 1 heterocycles. The topological polar surface area (TPSA) is 82.1 Å². The minimum absolute atomic E-state index is 0.0447. The van der Waals surface area contributed by atoms with Crippen molar-refractivity contribution in [2.45, 2.75) is 32.2 Å². The molecule has 1 aliphatic rings. The van der Waals surface area contributed by atoms with Crippen LogP contribution in [0.25, 0.3) is 0 Å². The van der Waals surface area contributed by atoms with Crippen molar-refractivity contribution in [2.24, 2.45) is 0 Å². The third-order valence-electron chi connectivity index (χ3n) is 5.66. The number of ether oxygens (including phenoxy) is 3. The van der Waals surface area contributed by atoms with Crippen molar-refractivity contribution < 1.29 is 27.4 Å². The zero-order valence-corrected chi connectivity index (χ0v) is 20.9. The highest BCUT2D eigenvalue weighted by Gasteiger charge is 2.21. The summed E-state index contributed by atoms with van der Waals surface area (Å²) in [7, 11) is -3.34. The summed E-state index contributed by atoms with van der Waals surface area (Å²) in [5, 5.41) is 0. The van der Waals surface area contributed by atoms with Gasteiger partial charge in [-0.05, 0) is 49.7 Å². The fourth-order valence-electron chi connectivity index (χ4n) is 3.91. The maximum absolute atomic E-state index is 13.3. The Morgan fingerprint density at radius 2 is 1.74 bits per heavy atom. The highest BCUT2D eigenvalue weighted by molar-refractivity contribution is 7.89. The molecule has 0 bridgehead atoms. The molecule has 0 unspecified atom stereocenters. The lowest BCUT2D eigenvalue weighted by Crippen LogP contribution is -2.35. The Kier molecular flexibility index (Phi) is 7.31. The van der Waals surface area contributed by atoms with Gasteiger partial charge in [0.1, 0.15) is 12.4 Å². The van der Waals surface area contributed by atoms with Crippen LogP contribution in [-0.2, 0) is 22.2 Å². The average molecular weight is 496 g/mol. The van der Waals surface area contributed by atoms with Crippen molar-refractivity contribution in [1.82, 2.24) is 0 Å². The SMILES string of the molecule is CC(C)N(CC(=O)c1ccc(OCc2ccccc2)c(CS(C)(=O)=O)c1)c1ccc2c(c1)OCO2. The van der Waals surface area contributed by atoms with Gasteiger partial charge in [-0.2, -0.15) is 0 Å². The molecular weight excluding hydrogens is 466 g/mol. The van der Waals surface area contributed by atoms with Gasteiger partial charge < -0.3 is 19.1 Å². The Hall–Kier alpha value is -3.52. The molecule has 4 rings (SSSR count). The summed E-state index contributed by atoms with van der Waals surface area (Å²) in [6, 6.07) is 20.3. The van der Waals surface area contributed by atoms with Gasteiger partial charge in [0.25, 0.3) is 0 Å². The van der Waals surface area contributed by atoms with Gasteiger partial charge in [0.2, 0.25) is 6.79 Å². The van der Waals surface area contributed by atoms with Crippen LogP contribution in [0.2, 0.25) is 0 Å². The average Bonchev–Trinajstić information content (AvgIpc) is 3.29. The lowest BCUT2D eigenvalue weighted by atomic mass is 10.1. The number of benzene rings is 3. The van der Waals surface area contributed by atoms with E-state index in [0.29, 0.717) is 35.0 Å². The van der Waals surface area contributed by atoms with Crippen molar-refractivity contribution in [2.75, 3.05) is 24.5 Å². The van der Waals surface area contributed by atoms with E-state index in [1.165, 1.54) is 6.26 Å². The summed E-state index contributed by atoms with van der Waals surface area (Å²) < 4.78 is 41.0. The predicted octanol–water partition coefficient (Wildman–Crippen LogP) is 4.64. The lowest BCUT2D eigenvalue weighted by Gasteiger charge is -2.28. The molecule has 0 aromatic heterocycles. The normalized spacial score (nSPS) is 12.6. The molecule has 0 spiro atoms. The molecule has 0 saturated heterocycles. The molecule has 3 aromatic carbocycles. The maximum atomic E-state index is 13.3. The second-order valence-corrected chi connectivity index (χ2v) is 11.0. The van der Waals surface area contributed by atoms with Crippen LogP contribution >= 0.6 is 0 Å². The van der Waals surface area contributed by atoms with Crippen LogP contribution in [-0.4, -0.2) is 39.8 Å². The van der Waals surface area contributed by atoms with E-state index in [1.807, 2.05) is 67.3 Å². The van der Waals surface area contributed by atoms with Gasteiger partial charge in [0, 0.05) is 35.2 Å². The fraction of sp³-hybridized carbons (Fsp3) is 0.296. The van der Waals surface area contributed by atoms with Gasteiger partial charge in [-0.1, -0.05) is 30.3 Å². The minimum Gasteiger partial charge on any atom is -0.489 e. The number of carbonyl (C=O) groups is 1. The molecule has 3 aromatic rings. The van der Waals surface area contributed by atoms with E-state index in [2.05, 4.69) is 0 Å². The number of fused-ring (bicyclic) bond motifs is 1. The molecule has 0 amide bonds. The van der Waals surface area contributed by atoms with E-state index in [0.717, 1.165) is 11.3 Å². The third-order valence-corrected chi connectivity index (χ3v) is 6.50. The first-order valence-electron chi connectivity index (χ1n) is 11.4. The number of nitrogens with zero attached hydrogens (tertiary/aromatic N) is 1. The number of anilines is 1. The van der Waals surface area contributed by atoms with Crippen molar-refractivity contribution >= 4 is 21.3 Å². The molecule has 1 aliphatic heterocycles. The van der Waals surface area contributed by atoms with Gasteiger partial charge in [0.15, 0.2) is 27.1 Å². The van der Waals surface area contributed by atoms with Gasteiger partial charge >= 0.3 is 0 Å². The van der Waals surface area contributed by atoms with E-state index >= 15 is 0 Å². The van der Waals surface area contributed by atoms with E-state index in [1.54, 1.807) is 18.2 Å². The van der Waals surface area contributed by atoms with Crippen LogP contribution in [0.4, 0.5) is 5.69 Å². The fourth-order valence-corrected chi connectivity index (χ4v) is 4.70. The molecule has 184 valence electrons. The van der Waals surface area contributed by atoms with Crippen LogP contribution in [0.15, 0.2) is 66.7 Å². The highest BCUT2D eigenvalue weighted by atomic mass is 32.2. The summed E-state index contributed by atoms with van der Waals surface area (Å²) in [5.74, 6) is 1.44. The van der Waals surface area contributed by atoms with Gasteiger partial charge in [0.05, 0.1) is 12.3 Å². The number of hydrogen-bond donors (Lipinski definition) is 0. The van der Waals surface area contributed by atoms with Crippen molar-refractivity contribution in [3.05, 3.63) is 83.4 Å². The number of sulfone groups is 1. The molecule has 0 aliphatic carbocycles. The maximum Gasteiger partial charge on any atom is 0.231 e. The van der Waals surface area contributed by atoms with Crippen LogP contribution in [0.5, 0.6) is 17.2 Å². The Labute approximate surface area is 206 Å². The molecule has 0 N–H and O–H groups in total. The third kappa shape index (κ3) is 6.33. The standard InChI is InChI=1S/C27H29NO6S/c1-19(2)28(23-10-12-26-27(14-23)34-18-33-26)15-24(29)21-9-11-25(22(13-21)17-35(3,30)31)32-16-20-7-5-4-6-8-20/h4-14,19H,15-18H2,1-3H3. The predicted molar refractivity (Wildman–Crippen MR) is 135 cm³/mol. The largest absolute Gasteiger partial charge is 0.489 e. The molecule has 0 atom stereocenters. The van der Waals surface area contributed by atoms with Gasteiger partial charge in [-0.15, -0.1) is 0 Å². The summed E-state index contributed by atoms with van der Waals surface area (Å²) in [6.45, 7) is 4.62. The summed E-state index contributed by atoms with van der Waals surface area (Å²) in [5.41, 5.74) is 2.71. The number of carbonyl (C=O) groups excluding carboxylic acids is 1. The Balaban J connectivity index is 1.56. The smallest absolute Gasteiger partial charge is 0.231 e. The number of Topliss-reactive ketones (excluding diaryl/α,β-unsaturated/α-hetero) is 1. The molecule has 0 radical (unpaired) electrons. The highest BCUT2D eigenvalue weighted by Crippen LogP contribution is 2.36. The van der Waals surface area contributed by atoms with E-state index in [9.17, 15) is 13.2 Å². The summed E-state index contributed by atoms with van der Waals surface area (Å²) >= 11 is 0. The van der Waals surface area contributed by atoms with Crippen LogP contribution in [0, 0.1) is 0 Å². The zero-order chi connectivity index (χ0) is 25.0. The number of ketones is 1. The number of hydrogen-bond acceptors (Lipinski definition) is 7. The summed E-state index contributed by atoms with van der Waals surface area (Å²) in [6.07, 6.45) is 1.17. The zero-order valence-electron chi connectivity index (χ0n) is 20.1. The van der Waals surface area contributed by atoms with Crippen LogP contribution in [0.1, 0.15) is 35.3 Å². The minimum atomic E-state index is -3.34. The van der Waals surface area contributed by atoms with Crippen LogP contribution in [0.3, 0.4) is 0 Å². The second kappa shape index (κ2) is 10.4. The van der Waals surface area contributed by atoms with E-state index in [4.69, 9.17) is 14.2 Å². The quantitative estimate of drug-likeness (QED) is 0.379.